The predicted molar refractivity (Wildman–Crippen MR) is 69.8 cm³/mol. The molecule has 0 saturated carbocycles. The maximum absolute atomic E-state index is 11.5. The van der Waals surface area contributed by atoms with Crippen molar-refractivity contribution in [3.63, 3.8) is 0 Å². The summed E-state index contributed by atoms with van der Waals surface area (Å²) >= 11 is 0. The number of hydrogen-bond donors (Lipinski definition) is 1. The molecular weight excluding hydrogens is 236 g/mol. The highest BCUT2D eigenvalue weighted by molar-refractivity contribution is 7.91. The lowest BCUT2D eigenvalue weighted by Crippen LogP contribution is -2.42. The summed E-state index contributed by atoms with van der Waals surface area (Å²) in [7, 11) is -1.26. The molecule has 0 saturated heterocycles. The SMILES string of the molecule is CNC(Cc1ncccc1C)C(C)S(C)(=O)=O. The van der Waals surface area contributed by atoms with E-state index in [1.165, 1.54) is 6.26 Å². The summed E-state index contributed by atoms with van der Waals surface area (Å²) < 4.78 is 23.1. The summed E-state index contributed by atoms with van der Waals surface area (Å²) in [5.74, 6) is 0. The number of aromatic nitrogens is 1. The Morgan fingerprint density at radius 1 is 1.47 bits per heavy atom. The third-order valence-corrected chi connectivity index (χ3v) is 4.82. The van der Waals surface area contributed by atoms with E-state index in [0.717, 1.165) is 11.3 Å². The molecule has 2 atom stereocenters. The molecule has 5 heteroatoms. The zero-order valence-corrected chi connectivity index (χ0v) is 11.6. The number of hydrogen-bond acceptors (Lipinski definition) is 4. The Morgan fingerprint density at radius 3 is 2.59 bits per heavy atom. The van der Waals surface area contributed by atoms with Gasteiger partial charge in [0.1, 0.15) is 0 Å². The van der Waals surface area contributed by atoms with Gasteiger partial charge in [0.15, 0.2) is 9.84 Å². The van der Waals surface area contributed by atoms with E-state index in [1.807, 2.05) is 19.1 Å². The van der Waals surface area contributed by atoms with Crippen LogP contribution in [0, 0.1) is 6.92 Å². The molecule has 0 radical (unpaired) electrons. The Kier molecular flexibility index (Phi) is 4.65. The average molecular weight is 256 g/mol. The van der Waals surface area contributed by atoms with Gasteiger partial charge >= 0.3 is 0 Å². The van der Waals surface area contributed by atoms with Crippen LogP contribution in [-0.4, -0.2) is 38.0 Å². The molecule has 0 aliphatic rings. The fourth-order valence-electron chi connectivity index (χ4n) is 1.74. The first-order valence-corrected chi connectivity index (χ1v) is 7.58. The van der Waals surface area contributed by atoms with Crippen LogP contribution in [0.4, 0.5) is 0 Å². The molecule has 0 bridgehead atoms. The quantitative estimate of drug-likeness (QED) is 0.852. The van der Waals surface area contributed by atoms with Crippen LogP contribution in [0.25, 0.3) is 0 Å². The van der Waals surface area contributed by atoms with Gasteiger partial charge < -0.3 is 5.32 Å². The zero-order valence-electron chi connectivity index (χ0n) is 10.8. The van der Waals surface area contributed by atoms with Crippen molar-refractivity contribution in [3.05, 3.63) is 29.6 Å². The van der Waals surface area contributed by atoms with Gasteiger partial charge in [0, 0.05) is 30.6 Å². The van der Waals surface area contributed by atoms with Crippen molar-refractivity contribution in [1.29, 1.82) is 0 Å². The second-order valence-electron chi connectivity index (χ2n) is 4.40. The molecule has 1 rings (SSSR count). The summed E-state index contributed by atoms with van der Waals surface area (Å²) in [5, 5.41) is 2.64. The van der Waals surface area contributed by atoms with E-state index >= 15 is 0 Å². The Hall–Kier alpha value is -0.940. The van der Waals surface area contributed by atoms with Gasteiger partial charge in [0.05, 0.1) is 5.25 Å². The molecule has 1 N–H and O–H groups in total. The Labute approximate surface area is 103 Å². The van der Waals surface area contributed by atoms with Crippen molar-refractivity contribution in [2.45, 2.75) is 31.6 Å². The molecule has 2 unspecified atom stereocenters. The van der Waals surface area contributed by atoms with Crippen LogP contribution in [0.2, 0.25) is 0 Å². The largest absolute Gasteiger partial charge is 0.315 e. The Balaban J connectivity index is 2.88. The van der Waals surface area contributed by atoms with Crippen molar-refractivity contribution in [3.8, 4) is 0 Å². The first-order chi connectivity index (χ1) is 7.86. The number of pyridine rings is 1. The van der Waals surface area contributed by atoms with Crippen LogP contribution in [0.1, 0.15) is 18.2 Å². The minimum Gasteiger partial charge on any atom is -0.315 e. The molecule has 1 aromatic heterocycles. The number of aryl methyl sites for hydroxylation is 1. The highest BCUT2D eigenvalue weighted by atomic mass is 32.2. The first kappa shape index (κ1) is 14.1. The van der Waals surface area contributed by atoms with Crippen molar-refractivity contribution in [2.75, 3.05) is 13.3 Å². The molecule has 0 aromatic carbocycles. The van der Waals surface area contributed by atoms with Gasteiger partial charge in [-0.1, -0.05) is 6.07 Å². The zero-order chi connectivity index (χ0) is 13.1. The van der Waals surface area contributed by atoms with Gasteiger partial charge in [-0.2, -0.15) is 0 Å². The fourth-order valence-corrected chi connectivity index (χ4v) is 2.57. The van der Waals surface area contributed by atoms with Gasteiger partial charge in [-0.15, -0.1) is 0 Å². The summed E-state index contributed by atoms with van der Waals surface area (Å²) in [6, 6.07) is 3.76. The van der Waals surface area contributed by atoms with E-state index in [2.05, 4.69) is 10.3 Å². The van der Waals surface area contributed by atoms with E-state index in [-0.39, 0.29) is 6.04 Å². The van der Waals surface area contributed by atoms with Gasteiger partial charge in [-0.3, -0.25) is 4.98 Å². The third-order valence-electron chi connectivity index (χ3n) is 3.14. The van der Waals surface area contributed by atoms with Crippen LogP contribution in [-0.2, 0) is 16.3 Å². The smallest absolute Gasteiger partial charge is 0.151 e. The summed E-state index contributed by atoms with van der Waals surface area (Å²) in [5.41, 5.74) is 2.04. The van der Waals surface area contributed by atoms with Gasteiger partial charge in [-0.05, 0) is 32.5 Å². The van der Waals surface area contributed by atoms with Gasteiger partial charge in [0.25, 0.3) is 0 Å². The molecular formula is C12H20N2O2S. The van der Waals surface area contributed by atoms with E-state index < -0.39 is 15.1 Å². The number of nitrogens with one attached hydrogen (secondary N) is 1. The first-order valence-electron chi connectivity index (χ1n) is 5.63. The van der Waals surface area contributed by atoms with E-state index in [4.69, 9.17) is 0 Å². The third kappa shape index (κ3) is 3.78. The summed E-state index contributed by atoms with van der Waals surface area (Å²) in [6.45, 7) is 3.72. The van der Waals surface area contributed by atoms with E-state index in [9.17, 15) is 8.42 Å². The molecule has 0 fully saturated rings. The number of sulfone groups is 1. The molecule has 0 amide bonds. The molecule has 4 nitrogen and oxygen atoms in total. The summed E-state index contributed by atoms with van der Waals surface area (Å²) in [4.78, 5) is 4.30. The maximum Gasteiger partial charge on any atom is 0.151 e. The standard InChI is InChI=1S/C12H20N2O2S/c1-9-6-5-7-14-11(9)8-12(13-3)10(2)17(4,15)16/h5-7,10,12-13H,8H2,1-4H3. The topological polar surface area (TPSA) is 59.1 Å². The molecule has 17 heavy (non-hydrogen) atoms. The minimum absolute atomic E-state index is 0.112. The normalized spacial score (nSPS) is 15.5. The van der Waals surface area contributed by atoms with Crippen LogP contribution in [0.15, 0.2) is 18.3 Å². The number of nitrogens with zero attached hydrogens (tertiary/aromatic N) is 1. The maximum atomic E-state index is 11.5. The lowest BCUT2D eigenvalue weighted by Gasteiger charge is -2.22. The highest BCUT2D eigenvalue weighted by Crippen LogP contribution is 2.12. The molecule has 1 aromatic rings. The van der Waals surface area contributed by atoms with Crippen molar-refractivity contribution in [2.24, 2.45) is 0 Å². The second kappa shape index (κ2) is 5.60. The summed E-state index contributed by atoms with van der Waals surface area (Å²) in [6.07, 6.45) is 3.63. The molecule has 0 aliphatic carbocycles. The highest BCUT2D eigenvalue weighted by Gasteiger charge is 2.25. The van der Waals surface area contributed by atoms with E-state index in [1.54, 1.807) is 20.2 Å². The Morgan fingerprint density at radius 2 is 2.12 bits per heavy atom. The molecule has 1 heterocycles. The monoisotopic (exact) mass is 256 g/mol. The van der Waals surface area contributed by atoms with Crippen molar-refractivity contribution < 1.29 is 8.42 Å². The number of rotatable bonds is 5. The van der Waals surface area contributed by atoms with Crippen molar-refractivity contribution in [1.82, 2.24) is 10.3 Å². The average Bonchev–Trinajstić information content (AvgIpc) is 2.26. The predicted octanol–water partition coefficient (Wildman–Crippen LogP) is 0.954. The minimum atomic E-state index is -3.04. The number of likely N-dealkylation sites (N-methyl/N-ethyl adjacent to an activating group) is 1. The van der Waals surface area contributed by atoms with Crippen LogP contribution in [0.5, 0.6) is 0 Å². The Bertz CT molecular complexity index is 471. The van der Waals surface area contributed by atoms with Crippen molar-refractivity contribution >= 4 is 9.84 Å². The van der Waals surface area contributed by atoms with Crippen LogP contribution >= 0.6 is 0 Å². The van der Waals surface area contributed by atoms with Crippen LogP contribution in [0.3, 0.4) is 0 Å². The molecule has 0 aliphatic heterocycles. The van der Waals surface area contributed by atoms with Gasteiger partial charge in [-0.25, -0.2) is 8.42 Å². The molecule has 96 valence electrons. The lowest BCUT2D eigenvalue weighted by molar-refractivity contribution is 0.512. The fraction of sp³-hybridized carbons (Fsp3) is 0.583. The van der Waals surface area contributed by atoms with Gasteiger partial charge in [0.2, 0.25) is 0 Å². The molecule has 0 spiro atoms. The lowest BCUT2D eigenvalue weighted by atomic mass is 10.1. The van der Waals surface area contributed by atoms with Crippen LogP contribution < -0.4 is 5.32 Å². The van der Waals surface area contributed by atoms with E-state index in [0.29, 0.717) is 6.42 Å². The second-order valence-corrected chi connectivity index (χ2v) is 6.80.